The SMILES string of the molecule is CCOC(=O)C(C)(C)c1cc(C)c(-c2cc(C)cc(C)c2)c(OC)c1.CCOC(=O)C(C)(C)c1cc(C)c(-c2cc(Cl)cc(Cl)c2)c(OC)c1.CCOC(=O)C(C)(C)c1cc(O)c(-c2cc(C)cc(C)c2)c(O)c1.CCOC(=O)C(C)(C)c1cc(O)c(-c2cc(C)cc(C)c2)c(OC)c1.CCc1cc(C)cc(C)c1.CCc1cc(Cl)cc(Cl)c1. The Kier molecular flexibility index (Phi) is 37.1. The molecule has 0 amide bonds. The Labute approximate surface area is 727 Å². The Morgan fingerprint density at radius 2 is 0.496 bits per heavy atom. The van der Waals surface area contributed by atoms with Crippen molar-refractivity contribution in [1.82, 2.24) is 0 Å². The minimum atomic E-state index is -0.966. The molecule has 0 aliphatic rings. The van der Waals surface area contributed by atoms with Gasteiger partial charge in [-0.1, -0.05) is 190 Å². The molecule has 10 aromatic carbocycles. The number of ether oxygens (including phenoxy) is 7. The lowest BCUT2D eigenvalue weighted by Gasteiger charge is -2.25. The number of esters is 4. The second-order valence-electron chi connectivity index (χ2n) is 31.9. The van der Waals surface area contributed by atoms with E-state index in [1.807, 2.05) is 142 Å². The molecule has 10 aromatic rings. The maximum Gasteiger partial charge on any atom is 0.315 e. The van der Waals surface area contributed by atoms with Gasteiger partial charge in [0.1, 0.15) is 34.5 Å². The van der Waals surface area contributed by atoms with Crippen molar-refractivity contribution in [3.05, 3.63) is 267 Å². The number of rotatable bonds is 21. The third kappa shape index (κ3) is 27.0. The van der Waals surface area contributed by atoms with Crippen molar-refractivity contribution in [2.45, 2.75) is 201 Å². The zero-order valence-electron chi connectivity index (χ0n) is 74.6. The van der Waals surface area contributed by atoms with Gasteiger partial charge in [-0.15, -0.1) is 0 Å². The number of aromatic hydroxyl groups is 3. The lowest BCUT2D eigenvalue weighted by atomic mass is 9.82. The maximum absolute atomic E-state index is 12.4. The van der Waals surface area contributed by atoms with Crippen LogP contribution in [0.3, 0.4) is 0 Å². The number of carbonyl (C=O) groups excluding carboxylic acids is 4. The standard InChI is InChI=1S/C22H28O3.C21H26O4.C20H22Cl2O3.C20H24O4.C10H14.C8H8Cl2/c1-8-25-21(23)22(5,6)18-12-16(4)20(19(13-18)24-7)17-10-14(2)9-15(3)11-17;1-7-25-20(23)21(4,5)16-11-17(22)19(18(12-16)24-6)15-9-13(2)8-14(3)10-15;1-6-25-19(23)20(3,4)14-7-12(2)18(17(10-14)24-5)13-8-15(21)11-16(22)9-13;1-6-24-19(23)20(4,5)15-10-16(21)18(17(22)11-15)14-8-12(2)7-13(3)9-14;1-4-10-6-8(2)5-9(3)7-10;1-2-6-3-7(9)5-8(10)4-6/h9-13H,8H2,1-7H3;8-12,22H,7H2,1-6H3;7-11H,6H2,1-5H3;7-11,21-22H,6H2,1-5H3;5-7H,4H2,1-3H3;3-5H,2H2,1H3. The molecule has 638 valence electrons. The summed E-state index contributed by atoms with van der Waals surface area (Å²) in [6.07, 6.45) is 2.11. The smallest absolute Gasteiger partial charge is 0.315 e. The Morgan fingerprint density at radius 1 is 0.277 bits per heavy atom. The van der Waals surface area contributed by atoms with E-state index in [0.29, 0.717) is 73.7 Å². The molecule has 0 bridgehead atoms. The van der Waals surface area contributed by atoms with E-state index >= 15 is 0 Å². The quantitative estimate of drug-likeness (QED) is 0.0454. The zero-order valence-corrected chi connectivity index (χ0v) is 77.6. The molecular weight excluding hydrogens is 1580 g/mol. The van der Waals surface area contributed by atoms with Gasteiger partial charge in [0.2, 0.25) is 0 Å². The fraction of sp³-hybridized carbons (Fsp3) is 0.366. The lowest BCUT2D eigenvalue weighted by Crippen LogP contribution is -2.31. The molecule has 0 spiro atoms. The summed E-state index contributed by atoms with van der Waals surface area (Å²) in [6.45, 7) is 47.6. The fourth-order valence-electron chi connectivity index (χ4n) is 13.8. The van der Waals surface area contributed by atoms with E-state index in [1.54, 1.807) is 94.1 Å². The third-order valence-corrected chi connectivity index (χ3v) is 21.0. The second-order valence-corrected chi connectivity index (χ2v) is 33.6. The van der Waals surface area contributed by atoms with Crippen molar-refractivity contribution in [3.63, 3.8) is 0 Å². The van der Waals surface area contributed by atoms with Crippen molar-refractivity contribution >= 4 is 70.3 Å². The Balaban J connectivity index is 0.000000262. The highest BCUT2D eigenvalue weighted by Crippen LogP contribution is 2.46. The van der Waals surface area contributed by atoms with E-state index in [1.165, 1.54) is 45.5 Å². The second kappa shape index (κ2) is 44.4. The van der Waals surface area contributed by atoms with E-state index < -0.39 is 27.6 Å². The predicted molar refractivity (Wildman–Crippen MR) is 490 cm³/mol. The Hall–Kier alpha value is -9.96. The maximum atomic E-state index is 12.4. The number of hydrogen-bond acceptors (Lipinski definition) is 14. The van der Waals surface area contributed by atoms with Crippen molar-refractivity contribution in [2.24, 2.45) is 0 Å². The van der Waals surface area contributed by atoms with Crippen LogP contribution in [0, 0.1) is 69.2 Å². The molecule has 0 aliphatic carbocycles. The van der Waals surface area contributed by atoms with Crippen LogP contribution >= 0.6 is 46.4 Å². The normalized spacial score (nSPS) is 11.1. The summed E-state index contributed by atoms with van der Waals surface area (Å²) in [7, 11) is 4.83. The van der Waals surface area contributed by atoms with Gasteiger partial charge in [-0.25, -0.2) is 0 Å². The number of benzene rings is 10. The van der Waals surface area contributed by atoms with Gasteiger partial charge in [0, 0.05) is 31.2 Å². The van der Waals surface area contributed by atoms with Crippen LogP contribution in [0.1, 0.15) is 186 Å². The highest BCUT2D eigenvalue weighted by molar-refractivity contribution is 6.35. The van der Waals surface area contributed by atoms with Gasteiger partial charge in [0.15, 0.2) is 0 Å². The highest BCUT2D eigenvalue weighted by Gasteiger charge is 2.37. The number of hydrogen-bond donors (Lipinski definition) is 3. The summed E-state index contributed by atoms with van der Waals surface area (Å²) >= 11 is 23.8. The van der Waals surface area contributed by atoms with Gasteiger partial charge >= 0.3 is 23.9 Å². The summed E-state index contributed by atoms with van der Waals surface area (Å²) in [4.78, 5) is 49.1. The Morgan fingerprint density at radius 3 is 0.773 bits per heavy atom. The number of phenols is 3. The number of aryl methyl sites for hydroxylation is 12. The average Bonchev–Trinajstić information content (AvgIpc) is 0.789. The van der Waals surface area contributed by atoms with Gasteiger partial charge in [0.25, 0.3) is 0 Å². The van der Waals surface area contributed by atoms with Crippen LogP contribution in [0.5, 0.6) is 34.5 Å². The van der Waals surface area contributed by atoms with Gasteiger partial charge in [0.05, 0.1) is 80.5 Å². The predicted octanol–water partition coefficient (Wildman–Crippen LogP) is 26.1. The number of methoxy groups -OCH3 is 3. The summed E-state index contributed by atoms with van der Waals surface area (Å²) < 4.78 is 37.5. The summed E-state index contributed by atoms with van der Waals surface area (Å²) in [5.41, 5.74) is 20.2. The van der Waals surface area contributed by atoms with E-state index in [4.69, 9.17) is 79.6 Å². The molecule has 0 atom stereocenters. The molecular formula is C101H122Cl4O14. The van der Waals surface area contributed by atoms with Crippen molar-refractivity contribution in [2.75, 3.05) is 47.8 Å². The first-order chi connectivity index (χ1) is 55.7. The molecule has 0 aliphatic heterocycles. The van der Waals surface area contributed by atoms with Crippen LogP contribution < -0.4 is 14.2 Å². The Bertz CT molecular complexity index is 4690. The first-order valence-corrected chi connectivity index (χ1v) is 41.5. The fourth-order valence-corrected chi connectivity index (χ4v) is 14.9. The molecule has 18 heteroatoms. The first-order valence-electron chi connectivity index (χ1n) is 40.0. The van der Waals surface area contributed by atoms with Crippen molar-refractivity contribution in [3.8, 4) is 79.0 Å². The lowest BCUT2D eigenvalue weighted by molar-refractivity contribution is -0.149. The van der Waals surface area contributed by atoms with Crippen LogP contribution in [0.15, 0.2) is 158 Å². The largest absolute Gasteiger partial charge is 0.507 e. The number of phenolic OH excluding ortho intramolecular Hbond substituents is 3. The average molecular weight is 1700 g/mol. The van der Waals surface area contributed by atoms with Crippen LogP contribution in [0.25, 0.3) is 44.5 Å². The molecule has 3 N–H and O–H groups in total. The third-order valence-electron chi connectivity index (χ3n) is 20.2. The van der Waals surface area contributed by atoms with Gasteiger partial charge in [-0.3, -0.25) is 19.2 Å². The molecule has 0 heterocycles. The molecule has 0 fully saturated rings. The minimum Gasteiger partial charge on any atom is -0.507 e. The molecule has 0 unspecified atom stereocenters. The molecule has 0 radical (unpaired) electrons. The summed E-state index contributed by atoms with van der Waals surface area (Å²) in [5, 5.41) is 34.2. The summed E-state index contributed by atoms with van der Waals surface area (Å²) in [6, 6.07) is 50.3. The molecule has 14 nitrogen and oxygen atoms in total. The van der Waals surface area contributed by atoms with Crippen molar-refractivity contribution in [1.29, 1.82) is 0 Å². The highest BCUT2D eigenvalue weighted by atomic mass is 35.5. The molecule has 10 rings (SSSR count). The van der Waals surface area contributed by atoms with Crippen LogP contribution in [-0.4, -0.2) is 87.0 Å². The zero-order chi connectivity index (χ0) is 89.5. The van der Waals surface area contributed by atoms with Crippen LogP contribution in [0.4, 0.5) is 0 Å². The van der Waals surface area contributed by atoms with Crippen LogP contribution in [-0.2, 0) is 72.6 Å². The molecule has 0 saturated carbocycles. The van der Waals surface area contributed by atoms with Crippen molar-refractivity contribution < 1.29 is 67.7 Å². The van der Waals surface area contributed by atoms with E-state index in [2.05, 4.69) is 97.0 Å². The summed E-state index contributed by atoms with van der Waals surface area (Å²) in [5.74, 6) is 0.682. The van der Waals surface area contributed by atoms with Gasteiger partial charge in [-0.2, -0.15) is 0 Å². The topological polar surface area (TPSA) is 194 Å². The van der Waals surface area contributed by atoms with Gasteiger partial charge in [-0.05, 0) is 305 Å². The van der Waals surface area contributed by atoms with E-state index in [0.717, 1.165) is 96.5 Å². The van der Waals surface area contributed by atoms with Crippen LogP contribution in [0.2, 0.25) is 20.1 Å². The first kappa shape index (κ1) is 99.6. The molecule has 0 saturated heterocycles. The van der Waals surface area contributed by atoms with E-state index in [9.17, 15) is 34.5 Å². The van der Waals surface area contributed by atoms with Gasteiger partial charge < -0.3 is 48.5 Å². The monoisotopic (exact) mass is 1700 g/mol. The number of carbonyl (C=O) groups is 4. The molecule has 119 heavy (non-hydrogen) atoms. The number of halogens is 4. The minimum absolute atomic E-state index is 0.0626. The van der Waals surface area contributed by atoms with E-state index in [-0.39, 0.29) is 41.8 Å². The molecule has 0 aromatic heterocycles.